The Bertz CT molecular complexity index is 1150. The first-order valence-electron chi connectivity index (χ1n) is 10.7. The van der Waals surface area contributed by atoms with Crippen LogP contribution in [0.5, 0.6) is 0 Å². The van der Waals surface area contributed by atoms with Gasteiger partial charge in [0, 0.05) is 24.8 Å². The van der Waals surface area contributed by atoms with Gasteiger partial charge in [0.05, 0.1) is 16.8 Å². The molecule has 5 rings (SSSR count). The highest BCUT2D eigenvalue weighted by molar-refractivity contribution is 5.89. The largest absolute Gasteiger partial charge is 0.366 e. The van der Waals surface area contributed by atoms with Crippen LogP contribution >= 0.6 is 0 Å². The zero-order valence-corrected chi connectivity index (χ0v) is 17.3. The van der Waals surface area contributed by atoms with Gasteiger partial charge in [-0.15, -0.1) is 0 Å². The number of anilines is 2. The molecular formula is C23H26N8. The predicted octanol–water partition coefficient (Wildman–Crippen LogP) is 3.71. The number of H-pyrrole nitrogens is 1. The first kappa shape index (κ1) is 19.4. The van der Waals surface area contributed by atoms with E-state index in [-0.39, 0.29) is 0 Å². The van der Waals surface area contributed by atoms with Gasteiger partial charge in [0.2, 0.25) is 5.95 Å². The molecule has 0 aliphatic heterocycles. The maximum absolute atomic E-state index is 6.00. The molecule has 8 nitrogen and oxygen atoms in total. The molecular weight excluding hydrogens is 388 g/mol. The third-order valence-electron chi connectivity index (χ3n) is 5.74. The number of benzene rings is 1. The Hall–Kier alpha value is -3.52. The van der Waals surface area contributed by atoms with Crippen LogP contribution in [-0.2, 0) is 6.54 Å². The molecule has 0 radical (unpaired) electrons. The quantitative estimate of drug-likeness (QED) is 0.380. The molecule has 0 saturated heterocycles. The van der Waals surface area contributed by atoms with Crippen LogP contribution in [0.1, 0.15) is 31.2 Å². The van der Waals surface area contributed by atoms with Crippen molar-refractivity contribution >= 4 is 22.8 Å². The van der Waals surface area contributed by atoms with Crippen molar-refractivity contribution in [3.63, 3.8) is 0 Å². The van der Waals surface area contributed by atoms with Crippen molar-refractivity contribution < 1.29 is 0 Å². The van der Waals surface area contributed by atoms with Crippen molar-refractivity contribution in [2.45, 2.75) is 44.3 Å². The first-order valence-corrected chi connectivity index (χ1v) is 10.7. The summed E-state index contributed by atoms with van der Waals surface area (Å²) in [7, 11) is 0. The van der Waals surface area contributed by atoms with Crippen molar-refractivity contribution in [3.05, 3.63) is 60.3 Å². The van der Waals surface area contributed by atoms with Crippen molar-refractivity contribution in [2.75, 3.05) is 10.6 Å². The molecule has 1 saturated carbocycles. The monoisotopic (exact) mass is 414 g/mol. The van der Waals surface area contributed by atoms with E-state index in [2.05, 4.69) is 42.9 Å². The molecule has 0 spiro atoms. The molecule has 0 amide bonds. The van der Waals surface area contributed by atoms with E-state index in [1.54, 1.807) is 0 Å². The third-order valence-corrected chi connectivity index (χ3v) is 5.74. The molecule has 0 bridgehead atoms. The van der Waals surface area contributed by atoms with Gasteiger partial charge >= 0.3 is 0 Å². The number of aromatic nitrogens is 5. The molecule has 3 heterocycles. The van der Waals surface area contributed by atoms with E-state index in [1.807, 2.05) is 42.6 Å². The fourth-order valence-corrected chi connectivity index (χ4v) is 3.98. The number of nitrogens with zero attached hydrogens (tertiary/aromatic N) is 4. The Morgan fingerprint density at radius 3 is 2.65 bits per heavy atom. The second-order valence-corrected chi connectivity index (χ2v) is 8.03. The highest BCUT2D eigenvalue weighted by Crippen LogP contribution is 2.26. The minimum atomic E-state index is 0.320. The maximum atomic E-state index is 6.00. The molecule has 0 atom stereocenters. The SMILES string of the molecule is NC1CCC(Nc2ncc3c(-c4cccc(NCc5ccccc5)n4)[nH]nc3n2)CC1. The first-order chi connectivity index (χ1) is 15.2. The van der Waals surface area contributed by atoms with Gasteiger partial charge in [-0.2, -0.15) is 10.1 Å². The molecule has 1 aliphatic carbocycles. The Kier molecular flexibility index (Phi) is 5.45. The van der Waals surface area contributed by atoms with Crippen LogP contribution in [0.4, 0.5) is 11.8 Å². The normalized spacial score (nSPS) is 18.7. The van der Waals surface area contributed by atoms with E-state index in [0.29, 0.717) is 30.2 Å². The number of aromatic amines is 1. The Balaban J connectivity index is 1.32. The second kappa shape index (κ2) is 8.69. The fraction of sp³-hybridized carbons (Fsp3) is 0.304. The summed E-state index contributed by atoms with van der Waals surface area (Å²) >= 11 is 0. The molecule has 8 heteroatoms. The lowest BCUT2D eigenvalue weighted by Gasteiger charge is -2.26. The summed E-state index contributed by atoms with van der Waals surface area (Å²) in [6.45, 7) is 0.714. The van der Waals surface area contributed by atoms with Gasteiger partial charge in [0.1, 0.15) is 5.82 Å². The summed E-state index contributed by atoms with van der Waals surface area (Å²) in [4.78, 5) is 13.9. The lowest BCUT2D eigenvalue weighted by Crippen LogP contribution is -2.33. The standard InChI is InChI=1S/C23H26N8/c24-16-9-11-17(12-10-16)27-23-26-14-18-21(30-31-22(18)29-23)19-7-4-8-20(28-19)25-13-15-5-2-1-3-6-15/h1-8,14,16-17H,9-13,24H2,(H,25,28)(H2,26,27,29,30,31). The fourth-order valence-electron chi connectivity index (χ4n) is 3.98. The van der Waals surface area contributed by atoms with Gasteiger partial charge < -0.3 is 16.4 Å². The molecule has 1 aliphatic rings. The Morgan fingerprint density at radius 2 is 1.81 bits per heavy atom. The minimum Gasteiger partial charge on any atom is -0.366 e. The molecule has 1 aromatic carbocycles. The van der Waals surface area contributed by atoms with E-state index in [9.17, 15) is 0 Å². The number of nitrogens with two attached hydrogens (primary N) is 1. The zero-order valence-electron chi connectivity index (χ0n) is 17.3. The van der Waals surface area contributed by atoms with Crippen LogP contribution in [0.3, 0.4) is 0 Å². The third kappa shape index (κ3) is 4.49. The summed E-state index contributed by atoms with van der Waals surface area (Å²) < 4.78 is 0. The number of hydrogen-bond donors (Lipinski definition) is 4. The number of nitrogens with one attached hydrogen (secondary N) is 3. The van der Waals surface area contributed by atoms with Crippen LogP contribution in [-0.4, -0.2) is 37.2 Å². The van der Waals surface area contributed by atoms with Crippen LogP contribution in [0.25, 0.3) is 22.4 Å². The number of rotatable bonds is 6. The number of hydrogen-bond acceptors (Lipinski definition) is 7. The Morgan fingerprint density at radius 1 is 0.968 bits per heavy atom. The summed E-state index contributed by atoms with van der Waals surface area (Å²) in [5, 5.41) is 15.1. The van der Waals surface area contributed by atoms with Crippen LogP contribution in [0.15, 0.2) is 54.7 Å². The van der Waals surface area contributed by atoms with E-state index < -0.39 is 0 Å². The van der Waals surface area contributed by atoms with Crippen molar-refractivity contribution in [2.24, 2.45) is 5.73 Å². The second-order valence-electron chi connectivity index (χ2n) is 8.03. The van der Waals surface area contributed by atoms with Gasteiger partial charge in [-0.25, -0.2) is 9.97 Å². The molecule has 31 heavy (non-hydrogen) atoms. The number of fused-ring (bicyclic) bond motifs is 1. The van der Waals surface area contributed by atoms with Gasteiger partial charge in [0.15, 0.2) is 5.65 Å². The van der Waals surface area contributed by atoms with Gasteiger partial charge in [-0.05, 0) is 43.4 Å². The van der Waals surface area contributed by atoms with Gasteiger partial charge in [-0.1, -0.05) is 36.4 Å². The van der Waals surface area contributed by atoms with Crippen molar-refractivity contribution in [3.8, 4) is 11.4 Å². The van der Waals surface area contributed by atoms with E-state index in [0.717, 1.165) is 48.3 Å². The molecule has 158 valence electrons. The van der Waals surface area contributed by atoms with Crippen LogP contribution in [0, 0.1) is 0 Å². The van der Waals surface area contributed by atoms with E-state index >= 15 is 0 Å². The summed E-state index contributed by atoms with van der Waals surface area (Å²) in [5.41, 5.74) is 9.44. The summed E-state index contributed by atoms with van der Waals surface area (Å²) in [6.07, 6.45) is 5.96. The van der Waals surface area contributed by atoms with Crippen LogP contribution in [0.2, 0.25) is 0 Å². The highest BCUT2D eigenvalue weighted by Gasteiger charge is 2.19. The smallest absolute Gasteiger partial charge is 0.224 e. The molecule has 1 fully saturated rings. The van der Waals surface area contributed by atoms with E-state index in [1.165, 1.54) is 5.56 Å². The molecule has 4 aromatic rings. The van der Waals surface area contributed by atoms with Crippen molar-refractivity contribution in [1.29, 1.82) is 0 Å². The van der Waals surface area contributed by atoms with E-state index in [4.69, 9.17) is 10.7 Å². The predicted molar refractivity (Wildman–Crippen MR) is 123 cm³/mol. The topological polar surface area (TPSA) is 117 Å². The number of pyridine rings is 1. The molecule has 5 N–H and O–H groups in total. The summed E-state index contributed by atoms with van der Waals surface area (Å²) in [5.74, 6) is 1.41. The lowest BCUT2D eigenvalue weighted by atomic mass is 9.92. The molecule has 3 aromatic heterocycles. The zero-order chi connectivity index (χ0) is 21.0. The van der Waals surface area contributed by atoms with Gasteiger partial charge in [0.25, 0.3) is 0 Å². The average Bonchev–Trinajstić information content (AvgIpc) is 3.23. The Labute approximate surface area is 180 Å². The summed E-state index contributed by atoms with van der Waals surface area (Å²) in [6, 6.07) is 16.8. The highest BCUT2D eigenvalue weighted by atomic mass is 15.2. The maximum Gasteiger partial charge on any atom is 0.224 e. The lowest BCUT2D eigenvalue weighted by molar-refractivity contribution is 0.410. The van der Waals surface area contributed by atoms with Crippen LogP contribution < -0.4 is 16.4 Å². The van der Waals surface area contributed by atoms with Gasteiger partial charge in [-0.3, -0.25) is 5.10 Å². The average molecular weight is 415 g/mol. The minimum absolute atomic E-state index is 0.320. The van der Waals surface area contributed by atoms with Crippen molar-refractivity contribution in [1.82, 2.24) is 25.1 Å². The molecule has 0 unspecified atom stereocenters.